The van der Waals surface area contributed by atoms with Crippen LogP contribution in [0.4, 0.5) is 0 Å². The molecule has 0 aromatic carbocycles. The zero-order chi connectivity index (χ0) is 18.0. The summed E-state index contributed by atoms with van der Waals surface area (Å²) in [6, 6.07) is 0. The van der Waals surface area contributed by atoms with Crippen molar-refractivity contribution in [3.8, 4) is 0 Å². The van der Waals surface area contributed by atoms with Gasteiger partial charge in [-0.3, -0.25) is 4.79 Å². The molecule has 0 saturated carbocycles. The van der Waals surface area contributed by atoms with Gasteiger partial charge in [-0.05, 0) is 18.8 Å². The molecule has 144 valence electrons. The number of carbonyl (C=O) groups excluding carboxylic acids is 1. The van der Waals surface area contributed by atoms with E-state index in [0.29, 0.717) is 18.9 Å². The summed E-state index contributed by atoms with van der Waals surface area (Å²) in [5.74, 6) is 0.483. The second kappa shape index (κ2) is 17.3. The minimum Gasteiger partial charge on any atom is -0.463 e. The van der Waals surface area contributed by atoms with E-state index in [4.69, 9.17) is 9.47 Å². The predicted octanol–water partition coefficient (Wildman–Crippen LogP) is 6.29. The van der Waals surface area contributed by atoms with E-state index in [9.17, 15) is 4.79 Å². The number of rotatable bonds is 17. The minimum absolute atomic E-state index is 0.0336. The first-order valence-corrected chi connectivity index (χ1v) is 10.3. The first-order valence-electron chi connectivity index (χ1n) is 10.3. The van der Waals surface area contributed by atoms with Crippen LogP contribution in [0.25, 0.3) is 0 Å². The van der Waals surface area contributed by atoms with Crippen molar-refractivity contribution in [2.75, 3.05) is 13.7 Å². The van der Waals surface area contributed by atoms with E-state index >= 15 is 0 Å². The maximum Gasteiger partial charge on any atom is 0.305 e. The highest BCUT2D eigenvalue weighted by Gasteiger charge is 2.12. The monoisotopic (exact) mass is 342 g/mol. The Morgan fingerprint density at radius 2 is 1.33 bits per heavy atom. The van der Waals surface area contributed by atoms with Gasteiger partial charge in [0.05, 0.1) is 6.10 Å². The summed E-state index contributed by atoms with van der Waals surface area (Å²) in [6.45, 7) is 6.96. The Bertz CT molecular complexity index is 276. The summed E-state index contributed by atoms with van der Waals surface area (Å²) in [5.41, 5.74) is 0. The van der Waals surface area contributed by atoms with Crippen LogP contribution in [0.5, 0.6) is 0 Å². The lowest BCUT2D eigenvalue weighted by atomic mass is 10.1. The number of ether oxygens (including phenoxy) is 2. The summed E-state index contributed by atoms with van der Waals surface area (Å²) >= 11 is 0. The van der Waals surface area contributed by atoms with E-state index in [1.165, 1.54) is 57.8 Å². The Kier molecular flexibility index (Phi) is 16.8. The molecule has 0 bridgehead atoms. The molecular formula is C21H42O3. The zero-order valence-corrected chi connectivity index (χ0v) is 16.8. The average Bonchev–Trinajstić information content (AvgIpc) is 2.56. The molecule has 0 aliphatic heterocycles. The highest BCUT2D eigenvalue weighted by Crippen LogP contribution is 2.12. The van der Waals surface area contributed by atoms with Crippen molar-refractivity contribution >= 4 is 5.97 Å². The Hall–Kier alpha value is -0.570. The van der Waals surface area contributed by atoms with Gasteiger partial charge in [-0.15, -0.1) is 0 Å². The van der Waals surface area contributed by atoms with Crippen molar-refractivity contribution in [2.24, 2.45) is 5.92 Å². The molecule has 0 heterocycles. The Labute approximate surface area is 150 Å². The number of esters is 1. The lowest BCUT2D eigenvalue weighted by Crippen LogP contribution is -2.22. The normalized spacial score (nSPS) is 12.5. The van der Waals surface area contributed by atoms with Gasteiger partial charge in [0.2, 0.25) is 0 Å². The van der Waals surface area contributed by atoms with Gasteiger partial charge in [0, 0.05) is 13.5 Å². The van der Waals surface area contributed by atoms with Gasteiger partial charge in [0.1, 0.15) is 6.61 Å². The number of hydrogen-bond acceptors (Lipinski definition) is 3. The van der Waals surface area contributed by atoms with Gasteiger partial charge >= 0.3 is 5.97 Å². The first kappa shape index (κ1) is 23.4. The van der Waals surface area contributed by atoms with Gasteiger partial charge < -0.3 is 9.47 Å². The van der Waals surface area contributed by atoms with Crippen LogP contribution in [0, 0.1) is 5.92 Å². The fraction of sp³-hybridized carbons (Fsp3) is 0.952. The third-order valence-electron chi connectivity index (χ3n) is 4.48. The standard InChI is InChI=1S/C21H42O3/c1-5-6-7-8-9-10-11-12-13-14-15-16-21(22)24-18-20(23-4)17-19(2)3/h19-20H,5-18H2,1-4H3. The molecule has 3 nitrogen and oxygen atoms in total. The summed E-state index contributed by atoms with van der Waals surface area (Å²) < 4.78 is 10.7. The molecule has 0 saturated heterocycles. The lowest BCUT2D eigenvalue weighted by Gasteiger charge is -2.17. The van der Waals surface area contributed by atoms with Gasteiger partial charge in [-0.25, -0.2) is 0 Å². The molecule has 3 heteroatoms. The molecule has 0 aliphatic carbocycles. The van der Waals surface area contributed by atoms with Crippen molar-refractivity contribution < 1.29 is 14.3 Å². The maximum absolute atomic E-state index is 11.7. The van der Waals surface area contributed by atoms with Crippen LogP contribution in [-0.4, -0.2) is 25.8 Å². The van der Waals surface area contributed by atoms with E-state index in [0.717, 1.165) is 19.3 Å². The Morgan fingerprint density at radius 3 is 1.79 bits per heavy atom. The SMILES string of the molecule is CCCCCCCCCCCCCC(=O)OCC(CC(C)C)OC. The van der Waals surface area contributed by atoms with E-state index in [1.807, 2.05) is 0 Å². The molecule has 0 aromatic heterocycles. The van der Waals surface area contributed by atoms with E-state index in [-0.39, 0.29) is 12.1 Å². The van der Waals surface area contributed by atoms with Crippen molar-refractivity contribution in [1.29, 1.82) is 0 Å². The topological polar surface area (TPSA) is 35.5 Å². The van der Waals surface area contributed by atoms with Crippen LogP contribution >= 0.6 is 0 Å². The summed E-state index contributed by atoms with van der Waals surface area (Å²) in [7, 11) is 1.69. The average molecular weight is 343 g/mol. The van der Waals surface area contributed by atoms with Gasteiger partial charge in [-0.2, -0.15) is 0 Å². The number of hydrogen-bond donors (Lipinski definition) is 0. The van der Waals surface area contributed by atoms with Crippen LogP contribution in [0.3, 0.4) is 0 Å². The van der Waals surface area contributed by atoms with Crippen molar-refractivity contribution in [1.82, 2.24) is 0 Å². The number of unbranched alkanes of at least 4 members (excludes halogenated alkanes) is 10. The second-order valence-corrected chi connectivity index (χ2v) is 7.46. The van der Waals surface area contributed by atoms with Crippen molar-refractivity contribution in [3.63, 3.8) is 0 Å². The molecule has 0 amide bonds. The molecule has 0 spiro atoms. The Balaban J connectivity index is 3.37. The second-order valence-electron chi connectivity index (χ2n) is 7.46. The molecule has 1 unspecified atom stereocenters. The fourth-order valence-electron chi connectivity index (χ4n) is 2.95. The summed E-state index contributed by atoms with van der Waals surface area (Å²) in [5, 5.41) is 0. The minimum atomic E-state index is -0.0725. The van der Waals surface area contributed by atoms with Crippen LogP contribution < -0.4 is 0 Å². The quantitative estimate of drug-likeness (QED) is 0.230. The molecule has 1 atom stereocenters. The predicted molar refractivity (Wildman–Crippen MR) is 102 cm³/mol. The van der Waals surface area contributed by atoms with Gasteiger partial charge in [-0.1, -0.05) is 85.0 Å². The third kappa shape index (κ3) is 16.3. The molecular weight excluding hydrogens is 300 g/mol. The molecule has 0 aromatic rings. The highest BCUT2D eigenvalue weighted by atomic mass is 16.6. The van der Waals surface area contributed by atoms with Crippen molar-refractivity contribution in [2.45, 2.75) is 110 Å². The van der Waals surface area contributed by atoms with E-state index in [2.05, 4.69) is 20.8 Å². The largest absolute Gasteiger partial charge is 0.463 e. The molecule has 0 N–H and O–H groups in total. The van der Waals surface area contributed by atoms with Crippen LogP contribution in [0.1, 0.15) is 104 Å². The summed E-state index contributed by atoms with van der Waals surface area (Å²) in [4.78, 5) is 11.7. The van der Waals surface area contributed by atoms with Gasteiger partial charge in [0.15, 0.2) is 0 Å². The fourth-order valence-corrected chi connectivity index (χ4v) is 2.95. The van der Waals surface area contributed by atoms with E-state index in [1.54, 1.807) is 7.11 Å². The van der Waals surface area contributed by atoms with Crippen LogP contribution in [0.2, 0.25) is 0 Å². The molecule has 0 fully saturated rings. The molecule has 0 rings (SSSR count). The third-order valence-corrected chi connectivity index (χ3v) is 4.48. The van der Waals surface area contributed by atoms with Gasteiger partial charge in [0.25, 0.3) is 0 Å². The van der Waals surface area contributed by atoms with Crippen molar-refractivity contribution in [3.05, 3.63) is 0 Å². The molecule has 0 aliphatic rings. The number of carbonyl (C=O) groups is 1. The Morgan fingerprint density at radius 1 is 0.833 bits per heavy atom. The van der Waals surface area contributed by atoms with Crippen LogP contribution in [-0.2, 0) is 14.3 Å². The molecule has 0 radical (unpaired) electrons. The first-order chi connectivity index (χ1) is 11.6. The molecule has 24 heavy (non-hydrogen) atoms. The number of methoxy groups -OCH3 is 1. The maximum atomic E-state index is 11.7. The van der Waals surface area contributed by atoms with E-state index < -0.39 is 0 Å². The summed E-state index contributed by atoms with van der Waals surface area (Å²) in [6.07, 6.45) is 15.8. The van der Waals surface area contributed by atoms with Crippen LogP contribution in [0.15, 0.2) is 0 Å². The lowest BCUT2D eigenvalue weighted by molar-refractivity contribution is -0.147. The highest BCUT2D eigenvalue weighted by molar-refractivity contribution is 5.69. The zero-order valence-electron chi connectivity index (χ0n) is 16.8. The smallest absolute Gasteiger partial charge is 0.305 e.